The summed E-state index contributed by atoms with van der Waals surface area (Å²) in [6, 6.07) is 4.89. The molecule has 0 unspecified atom stereocenters. The van der Waals surface area contributed by atoms with Crippen molar-refractivity contribution in [1.82, 2.24) is 0 Å². The fourth-order valence-electron chi connectivity index (χ4n) is 1.50. The first-order valence-corrected chi connectivity index (χ1v) is 5.80. The normalized spacial score (nSPS) is 11.9. The Morgan fingerprint density at radius 3 is 2.78 bits per heavy atom. The second-order valence-electron chi connectivity index (χ2n) is 3.86. The maximum atomic E-state index is 12.0. The zero-order chi connectivity index (χ0) is 13.5. The molecule has 0 heterocycles. The lowest BCUT2D eigenvalue weighted by atomic mass is 10.2. The molecule has 2 N–H and O–H groups in total. The average molecular weight is 253 g/mol. The van der Waals surface area contributed by atoms with Gasteiger partial charge >= 0.3 is 5.97 Å². The van der Waals surface area contributed by atoms with Gasteiger partial charge in [-0.1, -0.05) is 0 Å². The number of anilines is 1. The summed E-state index contributed by atoms with van der Waals surface area (Å²) < 4.78 is 15.5. The van der Waals surface area contributed by atoms with Gasteiger partial charge in [-0.25, -0.2) is 4.79 Å². The predicted molar refractivity (Wildman–Crippen MR) is 68.8 cm³/mol. The van der Waals surface area contributed by atoms with Crippen molar-refractivity contribution in [3.8, 4) is 5.75 Å². The summed E-state index contributed by atoms with van der Waals surface area (Å²) >= 11 is 0. The van der Waals surface area contributed by atoms with E-state index in [9.17, 15) is 4.79 Å². The van der Waals surface area contributed by atoms with Gasteiger partial charge < -0.3 is 19.9 Å². The molecular weight excluding hydrogens is 234 g/mol. The molecule has 5 heteroatoms. The van der Waals surface area contributed by atoms with Gasteiger partial charge in [-0.3, -0.25) is 0 Å². The van der Waals surface area contributed by atoms with E-state index < -0.39 is 5.97 Å². The Kier molecular flexibility index (Phi) is 5.45. The minimum absolute atomic E-state index is 0.321. The lowest BCUT2D eigenvalue weighted by molar-refractivity contribution is 0.0117. The number of nitrogens with two attached hydrogens (primary N) is 1. The number of ether oxygens (including phenoxy) is 3. The summed E-state index contributed by atoms with van der Waals surface area (Å²) in [7, 11) is 1.55. The SMILES string of the molecule is CCOc1ccc(N)cc1C(=O)O[C@H](C)COC. The third-order valence-electron chi connectivity index (χ3n) is 2.23. The first kappa shape index (κ1) is 14.3. The highest BCUT2D eigenvalue weighted by atomic mass is 16.6. The first-order chi connectivity index (χ1) is 8.58. The number of carbonyl (C=O) groups excluding carboxylic acids is 1. The van der Waals surface area contributed by atoms with Crippen LogP contribution < -0.4 is 10.5 Å². The summed E-state index contributed by atoms with van der Waals surface area (Å²) in [6.07, 6.45) is -0.321. The van der Waals surface area contributed by atoms with E-state index in [4.69, 9.17) is 19.9 Å². The van der Waals surface area contributed by atoms with Gasteiger partial charge in [0.1, 0.15) is 17.4 Å². The second-order valence-corrected chi connectivity index (χ2v) is 3.86. The average Bonchev–Trinajstić information content (AvgIpc) is 2.32. The summed E-state index contributed by atoms with van der Waals surface area (Å²) in [6.45, 7) is 4.42. The number of hydrogen-bond acceptors (Lipinski definition) is 5. The number of carbonyl (C=O) groups is 1. The van der Waals surface area contributed by atoms with Crippen LogP contribution in [0.2, 0.25) is 0 Å². The van der Waals surface area contributed by atoms with Crippen LogP contribution in [-0.2, 0) is 9.47 Å². The lowest BCUT2D eigenvalue weighted by Crippen LogP contribution is -2.20. The van der Waals surface area contributed by atoms with Gasteiger partial charge in [0.25, 0.3) is 0 Å². The molecule has 18 heavy (non-hydrogen) atoms. The van der Waals surface area contributed by atoms with Crippen molar-refractivity contribution in [2.45, 2.75) is 20.0 Å². The zero-order valence-corrected chi connectivity index (χ0v) is 10.9. The molecule has 0 bridgehead atoms. The van der Waals surface area contributed by atoms with E-state index in [0.29, 0.717) is 30.2 Å². The summed E-state index contributed by atoms with van der Waals surface area (Å²) in [4.78, 5) is 12.0. The van der Waals surface area contributed by atoms with Crippen molar-refractivity contribution in [2.24, 2.45) is 0 Å². The van der Waals surface area contributed by atoms with E-state index in [2.05, 4.69) is 0 Å². The molecule has 0 aliphatic rings. The van der Waals surface area contributed by atoms with Crippen molar-refractivity contribution in [3.05, 3.63) is 23.8 Å². The molecule has 0 aliphatic carbocycles. The van der Waals surface area contributed by atoms with E-state index in [0.717, 1.165) is 0 Å². The molecule has 0 spiro atoms. The fraction of sp³-hybridized carbons (Fsp3) is 0.462. The van der Waals surface area contributed by atoms with Crippen molar-refractivity contribution in [2.75, 3.05) is 26.1 Å². The largest absolute Gasteiger partial charge is 0.493 e. The van der Waals surface area contributed by atoms with Gasteiger partial charge in [-0.15, -0.1) is 0 Å². The lowest BCUT2D eigenvalue weighted by Gasteiger charge is -2.14. The second kappa shape index (κ2) is 6.86. The third-order valence-corrected chi connectivity index (χ3v) is 2.23. The molecule has 0 amide bonds. The number of rotatable bonds is 6. The Morgan fingerprint density at radius 2 is 2.17 bits per heavy atom. The minimum Gasteiger partial charge on any atom is -0.493 e. The van der Waals surface area contributed by atoms with Crippen LogP contribution in [0.15, 0.2) is 18.2 Å². The van der Waals surface area contributed by atoms with Crippen molar-refractivity contribution in [1.29, 1.82) is 0 Å². The number of nitrogen functional groups attached to an aromatic ring is 1. The maximum Gasteiger partial charge on any atom is 0.342 e. The van der Waals surface area contributed by atoms with E-state index in [1.807, 2.05) is 6.92 Å². The number of esters is 1. The topological polar surface area (TPSA) is 70.8 Å². The van der Waals surface area contributed by atoms with E-state index in [-0.39, 0.29) is 6.10 Å². The Labute approximate surface area is 107 Å². The van der Waals surface area contributed by atoms with Crippen LogP contribution in [0.4, 0.5) is 5.69 Å². The number of methoxy groups -OCH3 is 1. The Bertz CT molecular complexity index is 406. The van der Waals surface area contributed by atoms with Gasteiger partial charge in [0.05, 0.1) is 13.2 Å². The monoisotopic (exact) mass is 253 g/mol. The number of hydrogen-bond donors (Lipinski definition) is 1. The smallest absolute Gasteiger partial charge is 0.342 e. The Balaban J connectivity index is 2.85. The number of benzene rings is 1. The van der Waals surface area contributed by atoms with Crippen molar-refractivity contribution < 1.29 is 19.0 Å². The maximum absolute atomic E-state index is 12.0. The molecule has 0 fully saturated rings. The molecule has 0 saturated carbocycles. The highest BCUT2D eigenvalue weighted by Crippen LogP contribution is 2.22. The van der Waals surface area contributed by atoms with Gasteiger partial charge in [0.15, 0.2) is 0 Å². The van der Waals surface area contributed by atoms with Crippen molar-refractivity contribution >= 4 is 11.7 Å². The fourth-order valence-corrected chi connectivity index (χ4v) is 1.50. The van der Waals surface area contributed by atoms with Crippen LogP contribution in [0.25, 0.3) is 0 Å². The van der Waals surface area contributed by atoms with Crippen LogP contribution in [0.1, 0.15) is 24.2 Å². The molecule has 1 aromatic rings. The molecule has 0 aliphatic heterocycles. The van der Waals surface area contributed by atoms with Gasteiger partial charge in [0, 0.05) is 12.8 Å². The molecule has 0 saturated heterocycles. The van der Waals surface area contributed by atoms with E-state index in [1.54, 1.807) is 32.2 Å². The van der Waals surface area contributed by atoms with Gasteiger partial charge in [-0.05, 0) is 32.0 Å². The van der Waals surface area contributed by atoms with Gasteiger partial charge in [-0.2, -0.15) is 0 Å². The summed E-state index contributed by atoms with van der Waals surface area (Å²) in [5.74, 6) is 0.0108. The molecule has 5 nitrogen and oxygen atoms in total. The van der Waals surface area contributed by atoms with Crippen LogP contribution in [0.3, 0.4) is 0 Å². The third kappa shape index (κ3) is 3.92. The molecule has 100 valence electrons. The first-order valence-electron chi connectivity index (χ1n) is 5.80. The van der Waals surface area contributed by atoms with Crippen LogP contribution >= 0.6 is 0 Å². The molecule has 0 aromatic heterocycles. The quantitative estimate of drug-likeness (QED) is 0.619. The van der Waals surface area contributed by atoms with E-state index in [1.165, 1.54) is 0 Å². The molecule has 1 rings (SSSR count). The molecular formula is C13H19NO4. The van der Waals surface area contributed by atoms with Gasteiger partial charge in [0.2, 0.25) is 0 Å². The molecule has 1 atom stereocenters. The Morgan fingerprint density at radius 1 is 1.44 bits per heavy atom. The zero-order valence-electron chi connectivity index (χ0n) is 10.9. The molecule has 0 radical (unpaired) electrons. The van der Waals surface area contributed by atoms with Crippen LogP contribution in [-0.4, -0.2) is 32.4 Å². The van der Waals surface area contributed by atoms with Crippen LogP contribution in [0, 0.1) is 0 Å². The van der Waals surface area contributed by atoms with E-state index >= 15 is 0 Å². The van der Waals surface area contributed by atoms with Crippen molar-refractivity contribution in [3.63, 3.8) is 0 Å². The van der Waals surface area contributed by atoms with Crippen LogP contribution in [0.5, 0.6) is 5.75 Å². The predicted octanol–water partition coefficient (Wildman–Crippen LogP) is 1.86. The summed E-state index contributed by atoms with van der Waals surface area (Å²) in [5.41, 5.74) is 6.49. The standard InChI is InChI=1S/C13H19NO4/c1-4-17-12-6-5-10(14)7-11(12)13(15)18-9(2)8-16-3/h5-7,9H,4,8,14H2,1-3H3/t9-/m1/s1. The Hall–Kier alpha value is -1.75. The molecule has 1 aromatic carbocycles. The highest BCUT2D eigenvalue weighted by Gasteiger charge is 2.17. The highest BCUT2D eigenvalue weighted by molar-refractivity contribution is 5.93. The minimum atomic E-state index is -0.463. The summed E-state index contributed by atoms with van der Waals surface area (Å²) in [5, 5.41) is 0.